The molecule has 556 valence electrons. The molecule has 0 aromatic rings. The topological polar surface area (TPSA) is 237 Å². The minimum absolute atomic E-state index is 0.0813. The zero-order valence-corrected chi connectivity index (χ0v) is 62.7. The fourth-order valence-electron chi connectivity index (χ4n) is 10.6. The first kappa shape index (κ1) is 92.0. The molecule has 19 heteroatoms. The highest BCUT2D eigenvalue weighted by atomic mass is 31.2. The number of aliphatic hydroxyl groups is 1. The highest BCUT2D eigenvalue weighted by Crippen LogP contribution is 2.45. The Hall–Kier alpha value is -2.98. The van der Waals surface area contributed by atoms with E-state index in [-0.39, 0.29) is 25.7 Å². The van der Waals surface area contributed by atoms with Crippen LogP contribution in [0.5, 0.6) is 0 Å². The lowest BCUT2D eigenvalue weighted by molar-refractivity contribution is -0.161. The highest BCUT2D eigenvalue weighted by Gasteiger charge is 2.30. The van der Waals surface area contributed by atoms with E-state index in [1.54, 1.807) is 0 Å². The molecule has 0 aromatic heterocycles. The fraction of sp³-hybridized carbons (Fsp3) is 0.842. The zero-order valence-electron chi connectivity index (χ0n) is 60.9. The van der Waals surface area contributed by atoms with Crippen LogP contribution in [0.2, 0.25) is 0 Å². The van der Waals surface area contributed by atoms with Crippen molar-refractivity contribution in [3.63, 3.8) is 0 Å². The number of ether oxygens (including phenoxy) is 4. The molecule has 3 N–H and O–H groups in total. The van der Waals surface area contributed by atoms with Crippen molar-refractivity contribution in [2.24, 2.45) is 11.8 Å². The smallest absolute Gasteiger partial charge is 0.462 e. The van der Waals surface area contributed by atoms with E-state index in [9.17, 15) is 43.2 Å². The van der Waals surface area contributed by atoms with E-state index in [0.717, 1.165) is 128 Å². The predicted molar refractivity (Wildman–Crippen MR) is 386 cm³/mol. The van der Waals surface area contributed by atoms with Crippen LogP contribution in [0.4, 0.5) is 0 Å². The molecule has 0 aromatic carbocycles. The molecule has 2 unspecified atom stereocenters. The summed E-state index contributed by atoms with van der Waals surface area (Å²) in [7, 11) is -9.94. The van der Waals surface area contributed by atoms with Gasteiger partial charge >= 0.3 is 39.5 Å². The van der Waals surface area contributed by atoms with Crippen LogP contribution in [0.3, 0.4) is 0 Å². The molecular weight excluding hydrogens is 1250 g/mol. The maximum Gasteiger partial charge on any atom is 0.472 e. The number of rotatable bonds is 71. The second-order valence-electron chi connectivity index (χ2n) is 27.0. The Balaban J connectivity index is 5.31. The third-order valence-corrected chi connectivity index (χ3v) is 18.4. The number of aliphatic hydroxyl groups excluding tert-OH is 1. The summed E-state index contributed by atoms with van der Waals surface area (Å²) in [5, 5.41) is 10.6. The summed E-state index contributed by atoms with van der Waals surface area (Å²) in [6.45, 7) is 9.39. The van der Waals surface area contributed by atoms with Crippen molar-refractivity contribution in [2.45, 2.75) is 362 Å². The average Bonchev–Trinajstić information content (AvgIpc) is 1.41. The minimum Gasteiger partial charge on any atom is -0.462 e. The summed E-state index contributed by atoms with van der Waals surface area (Å²) in [5.74, 6) is -0.718. The molecule has 17 nitrogen and oxygen atoms in total. The van der Waals surface area contributed by atoms with Crippen LogP contribution in [0.25, 0.3) is 0 Å². The van der Waals surface area contributed by atoms with E-state index in [1.165, 1.54) is 128 Å². The molecule has 0 aliphatic rings. The van der Waals surface area contributed by atoms with Gasteiger partial charge in [0.25, 0.3) is 0 Å². The van der Waals surface area contributed by atoms with Gasteiger partial charge in [0.05, 0.1) is 26.4 Å². The van der Waals surface area contributed by atoms with Crippen LogP contribution in [0.15, 0.2) is 48.6 Å². The van der Waals surface area contributed by atoms with Crippen LogP contribution in [-0.2, 0) is 65.4 Å². The molecule has 0 aliphatic carbocycles. The van der Waals surface area contributed by atoms with E-state index < -0.39 is 97.5 Å². The predicted octanol–water partition coefficient (Wildman–Crippen LogP) is 21.4. The van der Waals surface area contributed by atoms with E-state index in [0.29, 0.717) is 31.6 Å². The summed E-state index contributed by atoms with van der Waals surface area (Å²) in [5.41, 5.74) is 0. The monoisotopic (exact) mass is 1390 g/mol. The lowest BCUT2D eigenvalue weighted by Gasteiger charge is -2.21. The average molecular weight is 1390 g/mol. The normalized spacial score (nSPS) is 14.3. The Bertz CT molecular complexity index is 2030. The maximum atomic E-state index is 13.1. The number of phosphoric acid groups is 2. The highest BCUT2D eigenvalue weighted by molar-refractivity contribution is 7.47. The molecule has 0 amide bonds. The Labute approximate surface area is 578 Å². The number of phosphoric ester groups is 2. The first-order chi connectivity index (χ1) is 45.9. The Morgan fingerprint density at radius 2 is 0.568 bits per heavy atom. The van der Waals surface area contributed by atoms with E-state index in [1.807, 2.05) is 0 Å². The maximum absolute atomic E-state index is 13.1. The second kappa shape index (κ2) is 66.9. The fourth-order valence-corrected chi connectivity index (χ4v) is 12.2. The molecule has 0 spiro atoms. The SMILES string of the molecule is CCCCCC/C=C\C=C/CCCCCCCC(=O)O[C@H](COC(=O)CCCCCCCCCCCCCCCC(C)C)COP(=O)(O)OC[C@@H](O)COP(=O)(O)OC[C@@H](COC(=O)CCCCCCCCC(C)C)OC(=O)CCCCCCC/C=C\C=C/CCCCCC. The molecule has 0 saturated heterocycles. The summed E-state index contributed by atoms with van der Waals surface area (Å²) >= 11 is 0. The zero-order chi connectivity index (χ0) is 70.0. The van der Waals surface area contributed by atoms with Gasteiger partial charge in [-0.05, 0) is 88.9 Å². The van der Waals surface area contributed by atoms with Crippen molar-refractivity contribution in [1.82, 2.24) is 0 Å². The number of unbranched alkanes of at least 4 members (excludes halogenated alkanes) is 35. The lowest BCUT2D eigenvalue weighted by atomic mass is 10.0. The summed E-state index contributed by atoms with van der Waals surface area (Å²) in [4.78, 5) is 72.7. The van der Waals surface area contributed by atoms with E-state index in [2.05, 4.69) is 90.2 Å². The van der Waals surface area contributed by atoms with Gasteiger partial charge in [-0.15, -0.1) is 0 Å². The molecule has 0 saturated carbocycles. The Morgan fingerprint density at radius 3 is 0.853 bits per heavy atom. The minimum atomic E-state index is -4.97. The Morgan fingerprint density at radius 1 is 0.326 bits per heavy atom. The number of esters is 4. The van der Waals surface area contributed by atoms with Gasteiger partial charge in [-0.2, -0.15) is 0 Å². The van der Waals surface area contributed by atoms with Crippen molar-refractivity contribution < 1.29 is 80.2 Å². The van der Waals surface area contributed by atoms with Crippen molar-refractivity contribution in [3.8, 4) is 0 Å². The van der Waals surface area contributed by atoms with Crippen LogP contribution in [0.1, 0.15) is 343 Å². The van der Waals surface area contributed by atoms with Crippen LogP contribution < -0.4 is 0 Å². The first-order valence-electron chi connectivity index (χ1n) is 38.1. The van der Waals surface area contributed by atoms with E-state index in [4.69, 9.17) is 37.0 Å². The van der Waals surface area contributed by atoms with Crippen LogP contribution >= 0.6 is 15.6 Å². The van der Waals surface area contributed by atoms with Gasteiger partial charge in [0.2, 0.25) is 0 Å². The van der Waals surface area contributed by atoms with Gasteiger partial charge in [0.15, 0.2) is 12.2 Å². The summed E-state index contributed by atoms with van der Waals surface area (Å²) in [6.07, 6.45) is 60.0. The van der Waals surface area contributed by atoms with Crippen molar-refractivity contribution in [2.75, 3.05) is 39.6 Å². The van der Waals surface area contributed by atoms with Crippen molar-refractivity contribution in [1.29, 1.82) is 0 Å². The largest absolute Gasteiger partial charge is 0.472 e. The molecule has 5 atom stereocenters. The summed E-state index contributed by atoms with van der Waals surface area (Å²) in [6, 6.07) is 0. The van der Waals surface area contributed by atoms with Gasteiger partial charge in [-0.25, -0.2) is 9.13 Å². The first-order valence-corrected chi connectivity index (χ1v) is 41.1. The van der Waals surface area contributed by atoms with Gasteiger partial charge < -0.3 is 33.8 Å². The van der Waals surface area contributed by atoms with Crippen LogP contribution in [-0.4, -0.2) is 96.7 Å². The molecule has 0 heterocycles. The lowest BCUT2D eigenvalue weighted by Crippen LogP contribution is -2.30. The number of allylic oxidation sites excluding steroid dienone is 8. The standard InChI is InChI=1S/C76H140O17P2/c1-7-9-11-13-15-17-19-21-23-27-32-36-40-48-54-60-75(80)92-71(64-86-73(78)58-52-46-39-35-31-29-25-26-30-34-38-44-50-56-68(3)4)66-90-94(82,83)88-62-70(77)63-89-95(84,85)91-67-72(65-87-74(79)59-53-47-43-42-45-51-57-69(5)6)93-76(81)61-55-49-41-37-33-28-24-22-20-18-16-14-12-10-8-2/h17-24,68-72,77H,7-16,25-67H2,1-6H3,(H,82,83)(H,84,85)/b19-17-,20-18-,23-21-,24-22-/t70-,71-,72-/m1/s1. The molecule has 0 radical (unpaired) electrons. The number of carbonyl (C=O) groups is 4. The Kier molecular flexibility index (Phi) is 64.8. The molecule has 0 fully saturated rings. The second-order valence-corrected chi connectivity index (χ2v) is 29.9. The van der Waals surface area contributed by atoms with Crippen LogP contribution in [0, 0.1) is 11.8 Å². The van der Waals surface area contributed by atoms with Gasteiger partial charge in [-0.1, -0.05) is 289 Å². The number of hydrogen-bond acceptors (Lipinski definition) is 15. The van der Waals surface area contributed by atoms with Crippen molar-refractivity contribution >= 4 is 39.5 Å². The molecule has 0 rings (SSSR count). The summed E-state index contributed by atoms with van der Waals surface area (Å²) < 4.78 is 68.4. The van der Waals surface area contributed by atoms with Gasteiger partial charge in [0, 0.05) is 25.7 Å². The molecule has 95 heavy (non-hydrogen) atoms. The van der Waals surface area contributed by atoms with E-state index >= 15 is 0 Å². The van der Waals surface area contributed by atoms with Gasteiger partial charge in [-0.3, -0.25) is 37.3 Å². The third-order valence-electron chi connectivity index (χ3n) is 16.5. The third kappa shape index (κ3) is 69.3. The molecule has 0 aliphatic heterocycles. The van der Waals surface area contributed by atoms with Gasteiger partial charge in [0.1, 0.15) is 19.3 Å². The molecular formula is C76H140O17P2. The van der Waals surface area contributed by atoms with Crippen molar-refractivity contribution in [3.05, 3.63) is 48.6 Å². The molecule has 0 bridgehead atoms. The quantitative estimate of drug-likeness (QED) is 0.0169. The number of hydrogen-bond donors (Lipinski definition) is 3. The number of carbonyl (C=O) groups excluding carboxylic acids is 4.